The van der Waals surface area contributed by atoms with E-state index in [9.17, 15) is 47.1 Å². The molecule has 180 valence electrons. The number of hydrogen-bond acceptors (Lipinski definition) is 12. The Balaban J connectivity index is 0. The molecule has 0 aromatic rings. The lowest BCUT2D eigenvalue weighted by atomic mass is 10.2. The first-order chi connectivity index (χ1) is 13.7. The van der Waals surface area contributed by atoms with E-state index in [1.165, 1.54) is 0 Å². The van der Waals surface area contributed by atoms with Crippen molar-refractivity contribution in [2.45, 2.75) is 44.7 Å². The van der Waals surface area contributed by atoms with Crippen molar-refractivity contribution in [3.8, 4) is 0 Å². The molecule has 0 spiro atoms. The van der Waals surface area contributed by atoms with Gasteiger partial charge >= 0.3 is 0 Å². The van der Waals surface area contributed by atoms with Gasteiger partial charge in [0.1, 0.15) is 0 Å². The maximum atomic E-state index is 11.2. The number of aliphatic hydroxyl groups excluding tert-OH is 4. The Kier molecular flexibility index (Phi) is 16.2. The summed E-state index contributed by atoms with van der Waals surface area (Å²) >= 11 is 0. The molecule has 0 heterocycles. The molecule has 14 nitrogen and oxygen atoms in total. The highest BCUT2D eigenvalue weighted by molar-refractivity contribution is 8.20. The second kappa shape index (κ2) is 15.3. The highest BCUT2D eigenvalue weighted by atomic mass is 32.5. The Bertz CT molecular complexity index is 779. The molecule has 0 rings (SSSR count). The molecule has 0 saturated heterocycles. The maximum Gasteiger partial charge on any atom is 0.252 e. The van der Waals surface area contributed by atoms with Gasteiger partial charge in [-0.2, -0.15) is 15.2 Å². The van der Waals surface area contributed by atoms with Crippen LogP contribution < -0.4 is 20.4 Å². The summed E-state index contributed by atoms with van der Waals surface area (Å²) in [6.45, 7) is 3.36. The van der Waals surface area contributed by atoms with E-state index in [0.717, 1.165) is 0 Å². The van der Waals surface area contributed by atoms with Crippen LogP contribution >= 0.6 is 15.2 Å². The lowest BCUT2D eigenvalue weighted by Crippen LogP contribution is -2.50. The first-order valence-electron chi connectivity index (χ1n) is 8.10. The van der Waals surface area contributed by atoms with Crippen molar-refractivity contribution in [1.29, 1.82) is 0 Å². The predicted molar refractivity (Wildman–Crippen MR) is 103 cm³/mol. The normalized spacial score (nSPS) is 19.3. The standard InChI is InChI=1S/C7H14N2O7PS.C5H12O5PS/c1-2-8-6(12)4(10)5(11)7(13)9-3-18(15,16)17-14;1-2-4(6)5(7)3-12(9,10)11-8/h4-5,10-11H,2-3H2,1H3,(H3-,8,9,12,13,14,15,16);4-7H,2-3H2,1H3,(H-,8,9,10)/q2*-1/p-2. The summed E-state index contributed by atoms with van der Waals surface area (Å²) in [7, 11) is -9.98. The van der Waals surface area contributed by atoms with Gasteiger partial charge in [-0.1, -0.05) is 25.7 Å². The third-order valence-corrected chi connectivity index (χ3v) is 7.01. The quantitative estimate of drug-likeness (QED) is 0.150. The van der Waals surface area contributed by atoms with Crippen molar-refractivity contribution in [2.75, 3.05) is 18.2 Å². The number of likely N-dealkylation sites (N-methyl/N-ethyl adjacent to an activating group) is 1. The zero-order valence-corrected chi connectivity index (χ0v) is 19.3. The van der Waals surface area contributed by atoms with E-state index >= 15 is 0 Å². The van der Waals surface area contributed by atoms with Crippen molar-refractivity contribution in [3.05, 3.63) is 0 Å². The monoisotopic (exact) mass is 514 g/mol. The molecule has 6 atom stereocenters. The predicted octanol–water partition coefficient (Wildman–Crippen LogP) is -4.86. The van der Waals surface area contributed by atoms with E-state index in [-0.39, 0.29) is 13.0 Å². The fraction of sp³-hybridized carbons (Fsp3) is 0.833. The van der Waals surface area contributed by atoms with E-state index in [4.69, 9.17) is 10.2 Å². The number of carbonyl (C=O) groups is 2. The summed E-state index contributed by atoms with van der Waals surface area (Å²) in [5, 5.41) is 40.4. The van der Waals surface area contributed by atoms with E-state index in [1.54, 1.807) is 19.2 Å². The van der Waals surface area contributed by atoms with Gasteiger partial charge in [-0.25, -0.2) is 0 Å². The SMILES string of the molecule is CCC(O)C(O)CS(=O)([O-])=P[O-].CCNC(=O)C(O)C(O)C(=O)NCS(=O)([O-])=P[O-]. The lowest BCUT2D eigenvalue weighted by molar-refractivity contribution is -0.145. The van der Waals surface area contributed by atoms with Crippen LogP contribution in [0.25, 0.3) is 0 Å². The number of amides is 2. The molecule has 0 saturated carbocycles. The Morgan fingerprint density at radius 1 is 0.867 bits per heavy atom. The fourth-order valence-corrected chi connectivity index (χ4v) is 3.57. The average molecular weight is 514 g/mol. The average Bonchev–Trinajstić information content (AvgIpc) is 2.70. The minimum Gasteiger partial charge on any atom is -0.800 e. The minimum atomic E-state index is -4.01. The van der Waals surface area contributed by atoms with Crippen LogP contribution in [0.4, 0.5) is 0 Å². The lowest BCUT2D eigenvalue weighted by Gasteiger charge is -2.23. The summed E-state index contributed by atoms with van der Waals surface area (Å²) in [6.07, 6.45) is -6.32. The van der Waals surface area contributed by atoms with Crippen LogP contribution in [0.2, 0.25) is 0 Å². The summed E-state index contributed by atoms with van der Waals surface area (Å²) in [6, 6.07) is 0. The Morgan fingerprint density at radius 2 is 1.30 bits per heavy atom. The first-order valence-corrected chi connectivity index (χ1v) is 14.2. The second-order valence-corrected chi connectivity index (χ2v) is 13.0. The van der Waals surface area contributed by atoms with Crippen molar-refractivity contribution in [2.24, 2.45) is 0 Å². The molecular formula is C12H24N2O12P2S2-4. The Labute approximate surface area is 176 Å². The van der Waals surface area contributed by atoms with Crippen molar-refractivity contribution in [1.82, 2.24) is 10.6 Å². The molecule has 6 unspecified atom stereocenters. The van der Waals surface area contributed by atoms with Gasteiger partial charge in [0, 0.05) is 12.3 Å². The Hall–Kier alpha value is -0.480. The molecule has 2 amide bonds. The number of rotatable bonds is 10. The van der Waals surface area contributed by atoms with Gasteiger partial charge in [0.25, 0.3) is 11.8 Å². The molecule has 0 aliphatic rings. The zero-order valence-electron chi connectivity index (χ0n) is 15.9. The largest absolute Gasteiger partial charge is 0.800 e. The van der Waals surface area contributed by atoms with Crippen LogP contribution in [0.5, 0.6) is 0 Å². The van der Waals surface area contributed by atoms with Crippen LogP contribution in [0.1, 0.15) is 20.3 Å². The molecule has 18 heteroatoms. The smallest absolute Gasteiger partial charge is 0.252 e. The highest BCUT2D eigenvalue weighted by Crippen LogP contribution is 2.06. The third kappa shape index (κ3) is 13.7. The van der Waals surface area contributed by atoms with Crippen LogP contribution in [-0.4, -0.2) is 92.4 Å². The van der Waals surface area contributed by atoms with E-state index in [1.807, 2.05) is 0 Å². The molecule has 0 aliphatic carbocycles. The summed E-state index contributed by atoms with van der Waals surface area (Å²) in [5.74, 6) is -3.88. The van der Waals surface area contributed by atoms with Gasteiger partial charge in [-0.05, 0) is 13.3 Å². The number of carbonyl (C=O) groups excluding carboxylic acids is 2. The van der Waals surface area contributed by atoms with Gasteiger partial charge in [-0.15, -0.1) is 0 Å². The molecule has 0 fully saturated rings. The number of aliphatic hydroxyl groups is 4. The molecule has 0 aromatic carbocycles. The van der Waals surface area contributed by atoms with Gasteiger partial charge in [-0.3, -0.25) is 18.0 Å². The van der Waals surface area contributed by atoms with Crippen LogP contribution in [0.15, 0.2) is 0 Å². The molecule has 30 heavy (non-hydrogen) atoms. The number of nitrogens with one attached hydrogen (secondary N) is 2. The Morgan fingerprint density at radius 3 is 1.67 bits per heavy atom. The fourth-order valence-electron chi connectivity index (χ4n) is 1.49. The molecule has 0 bridgehead atoms. The minimum absolute atomic E-state index is 0.188. The first kappa shape index (κ1) is 31.7. The van der Waals surface area contributed by atoms with Crippen molar-refractivity contribution >= 4 is 45.8 Å². The topological polar surface area (TPSA) is 265 Å². The summed E-state index contributed by atoms with van der Waals surface area (Å²) in [5.41, 5.74) is 0. The zero-order chi connectivity index (χ0) is 24.1. The van der Waals surface area contributed by atoms with Crippen LogP contribution in [0.3, 0.4) is 0 Å². The van der Waals surface area contributed by atoms with Crippen molar-refractivity contribution < 1.29 is 57.3 Å². The van der Waals surface area contributed by atoms with Crippen molar-refractivity contribution in [3.63, 3.8) is 0 Å². The van der Waals surface area contributed by atoms with Crippen LogP contribution in [-0.2, 0) is 28.4 Å². The summed E-state index contributed by atoms with van der Waals surface area (Å²) in [4.78, 5) is 42.4. The molecule has 6 N–H and O–H groups in total. The van der Waals surface area contributed by atoms with Gasteiger partial charge < -0.3 is 50.0 Å². The molecular weight excluding hydrogens is 490 g/mol. The number of hydrogen-bond donors (Lipinski definition) is 6. The third-order valence-electron chi connectivity index (χ3n) is 3.09. The summed E-state index contributed by atoms with van der Waals surface area (Å²) < 4.78 is 42.8. The van der Waals surface area contributed by atoms with Gasteiger partial charge in [0.15, 0.2) is 12.2 Å². The van der Waals surface area contributed by atoms with E-state index < -0.39 is 81.8 Å². The van der Waals surface area contributed by atoms with Crippen LogP contribution in [0, 0.1) is 0 Å². The second-order valence-electron chi connectivity index (χ2n) is 5.49. The molecule has 0 aliphatic heterocycles. The van der Waals surface area contributed by atoms with E-state index in [0.29, 0.717) is 0 Å². The highest BCUT2D eigenvalue weighted by Gasteiger charge is 2.29. The maximum absolute atomic E-state index is 11.2. The molecule has 0 radical (unpaired) electrons. The molecule has 0 aromatic heterocycles. The van der Waals surface area contributed by atoms with Gasteiger partial charge in [0.2, 0.25) is 0 Å². The van der Waals surface area contributed by atoms with E-state index in [2.05, 4.69) is 5.32 Å². The van der Waals surface area contributed by atoms with Gasteiger partial charge in [0.05, 0.1) is 18.1 Å².